The average molecular weight is 830 g/mol. The van der Waals surface area contributed by atoms with Crippen molar-refractivity contribution >= 4 is 46.0 Å². The normalized spacial score (nSPS) is 29.7. The van der Waals surface area contributed by atoms with Crippen molar-refractivity contribution in [2.75, 3.05) is 24.5 Å². The Bertz CT molecular complexity index is 2250. The molecule has 15 nitrogen and oxygen atoms in total. The van der Waals surface area contributed by atoms with Crippen LogP contribution in [0.4, 0.5) is 11.4 Å². The molecule has 60 heavy (non-hydrogen) atoms. The van der Waals surface area contributed by atoms with E-state index in [-0.39, 0.29) is 44.5 Å². The van der Waals surface area contributed by atoms with Gasteiger partial charge in [0.15, 0.2) is 5.75 Å². The van der Waals surface area contributed by atoms with Gasteiger partial charge in [0, 0.05) is 68.2 Å². The average Bonchev–Trinajstić information content (AvgIpc) is 3.49. The number of phenols is 3. The maximum Gasteiger partial charge on any atom is 0.312 e. The van der Waals surface area contributed by atoms with Gasteiger partial charge in [0.1, 0.15) is 23.4 Å². The number of allylic oxidation sites excluding steroid dienone is 2. The Labute approximate surface area is 349 Å². The van der Waals surface area contributed by atoms with Crippen LogP contribution in [0.15, 0.2) is 71.6 Å². The Morgan fingerprint density at radius 3 is 2.23 bits per heavy atom. The smallest absolute Gasteiger partial charge is 0.312 e. The molecule has 0 radical (unpaired) electrons. The van der Waals surface area contributed by atoms with Gasteiger partial charge in [0.25, 0.3) is 11.7 Å². The number of amides is 1. The summed E-state index contributed by atoms with van der Waals surface area (Å²) in [6.45, 7) is 12.5. The summed E-state index contributed by atoms with van der Waals surface area (Å²) in [5, 5.41) is 66.5. The highest BCUT2D eigenvalue weighted by atomic mass is 16.7. The molecule has 6 rings (SSSR count). The second-order valence-corrected chi connectivity index (χ2v) is 15.7. The zero-order valence-corrected chi connectivity index (χ0v) is 35.5. The van der Waals surface area contributed by atoms with E-state index in [2.05, 4.69) is 10.4 Å². The van der Waals surface area contributed by atoms with Gasteiger partial charge in [-0.25, -0.2) is 0 Å². The quantitative estimate of drug-likeness (QED) is 0.0554. The monoisotopic (exact) mass is 829 g/mol. The second kappa shape index (κ2) is 18.2. The number of para-hydroxylation sites is 1. The first-order valence-corrected chi connectivity index (χ1v) is 19.7. The van der Waals surface area contributed by atoms with Crippen LogP contribution >= 0.6 is 0 Å². The minimum Gasteiger partial charge on any atom is -0.507 e. The van der Waals surface area contributed by atoms with E-state index in [1.807, 2.05) is 6.07 Å². The zero-order valence-electron chi connectivity index (χ0n) is 35.5. The number of hydrogen-bond donors (Lipinski definition) is 6. The topological polar surface area (TPSA) is 217 Å². The van der Waals surface area contributed by atoms with Crippen molar-refractivity contribution in [2.24, 2.45) is 28.8 Å². The number of esters is 1. The third kappa shape index (κ3) is 8.69. The number of hydrogen-bond acceptors (Lipinski definition) is 14. The Morgan fingerprint density at radius 1 is 0.933 bits per heavy atom. The number of phenolic OH excluding ortho intramolecular Hbond substituents is 3. The number of aromatic hydroxyl groups is 3. The van der Waals surface area contributed by atoms with E-state index in [1.54, 1.807) is 71.2 Å². The number of aliphatic hydroxyl groups excluding tert-OH is 2. The van der Waals surface area contributed by atoms with E-state index in [4.69, 9.17) is 18.9 Å². The molecular weight excluding hydrogens is 775 g/mol. The summed E-state index contributed by atoms with van der Waals surface area (Å²) in [7, 11) is 3.08. The Kier molecular flexibility index (Phi) is 13.7. The fraction of sp³-hybridized carbons (Fsp3) is 0.422. The maximum atomic E-state index is 14.4. The first-order chi connectivity index (χ1) is 28.2. The van der Waals surface area contributed by atoms with Gasteiger partial charge in [-0.15, -0.1) is 0 Å². The number of nitrogens with zero attached hydrogens (tertiary/aromatic N) is 2. The minimum atomic E-state index is -2.06. The highest BCUT2D eigenvalue weighted by molar-refractivity contribution is 6.24. The number of Topliss-reactive ketones (excluding diaryl/α,β-unsaturated/α-hetero) is 1. The van der Waals surface area contributed by atoms with Gasteiger partial charge in [0.2, 0.25) is 0 Å². The fourth-order valence-corrected chi connectivity index (χ4v) is 7.73. The molecule has 5 bridgehead atoms. The van der Waals surface area contributed by atoms with Crippen LogP contribution in [0.5, 0.6) is 23.0 Å². The van der Waals surface area contributed by atoms with Gasteiger partial charge < -0.3 is 49.8 Å². The predicted molar refractivity (Wildman–Crippen MR) is 226 cm³/mol. The molecule has 3 heterocycles. The van der Waals surface area contributed by atoms with Gasteiger partial charge in [-0.3, -0.25) is 19.4 Å². The number of carbonyl (C=O) groups excluding carboxylic acids is 3. The van der Waals surface area contributed by atoms with Gasteiger partial charge in [-0.2, -0.15) is 5.10 Å². The summed E-state index contributed by atoms with van der Waals surface area (Å²) in [5.41, 5.74) is 0.150. The van der Waals surface area contributed by atoms with Crippen LogP contribution in [0.25, 0.3) is 10.8 Å². The maximum absolute atomic E-state index is 14.4. The number of hydrazone groups is 1. The summed E-state index contributed by atoms with van der Waals surface area (Å²) >= 11 is 0. The Balaban J connectivity index is 1.73. The molecule has 3 aliphatic rings. The molecule has 9 unspecified atom stereocenters. The fourth-order valence-electron chi connectivity index (χ4n) is 7.73. The van der Waals surface area contributed by atoms with Crippen molar-refractivity contribution in [1.82, 2.24) is 0 Å². The molecular formula is C45H55N3O12. The number of carbonyl (C=O) groups is 3. The number of methoxy groups -OCH3 is 1. The highest BCUT2D eigenvalue weighted by Crippen LogP contribution is 2.55. The number of ether oxygens (including phenoxy) is 4. The molecule has 3 aromatic carbocycles. The summed E-state index contributed by atoms with van der Waals surface area (Å²) in [6, 6.07) is 9.03. The SMILES string of the molecule is COC1/C=C/OC2(C)Oc3c(C)c(O)c4c(O)c(c(/C=N/N(C)c5ccccc5)c(O)c4c3C2=O)NC(=O)/C(C)=C\C=C\C(C)C(O)C(C)C(O)C(C)C(OC(C)=O)C1C. The van der Waals surface area contributed by atoms with Gasteiger partial charge in [0.05, 0.1) is 58.7 Å². The van der Waals surface area contributed by atoms with Crippen LogP contribution < -0.4 is 15.1 Å². The van der Waals surface area contributed by atoms with Crippen molar-refractivity contribution in [2.45, 2.75) is 85.6 Å². The van der Waals surface area contributed by atoms with E-state index in [0.29, 0.717) is 5.69 Å². The molecule has 0 saturated carbocycles. The second-order valence-electron chi connectivity index (χ2n) is 15.7. The summed E-state index contributed by atoms with van der Waals surface area (Å²) in [6.07, 6.45) is 4.68. The molecule has 0 fully saturated rings. The summed E-state index contributed by atoms with van der Waals surface area (Å²) in [4.78, 5) is 40.5. The molecule has 0 saturated heterocycles. The molecule has 3 aromatic rings. The molecule has 9 atom stereocenters. The number of aliphatic hydroxyl groups is 2. The van der Waals surface area contributed by atoms with E-state index in [0.717, 1.165) is 0 Å². The number of fused-ring (bicyclic) bond motifs is 14. The zero-order chi connectivity index (χ0) is 44.4. The van der Waals surface area contributed by atoms with Crippen LogP contribution in [-0.4, -0.2) is 93.8 Å². The van der Waals surface area contributed by atoms with Gasteiger partial charge >= 0.3 is 11.8 Å². The van der Waals surface area contributed by atoms with Crippen LogP contribution in [0.2, 0.25) is 0 Å². The standard InChI is InChI=1S/C45H55N3O12/c1-22-15-14-16-23(2)44(56)47-35-30(21-46-48(9)29-17-12-11-13-18-29)39(53)32-33(40(35)54)38(52)27(6)42-34(32)43(55)45(8,60-42)58-20-19-31(57-10)24(3)41(59-28(7)49)26(5)37(51)25(4)36(22)50/h11-22,24-26,31,36-37,41,50-54H,1-10H3,(H,47,56)/b15-14+,20-19+,23-16-,46-21+. The van der Waals surface area contributed by atoms with Crippen molar-refractivity contribution in [1.29, 1.82) is 0 Å². The van der Waals surface area contributed by atoms with E-state index in [1.165, 1.54) is 64.4 Å². The number of rotatable bonds is 5. The molecule has 0 spiro atoms. The number of anilines is 2. The predicted octanol–water partition coefficient (Wildman–Crippen LogP) is 6.22. The van der Waals surface area contributed by atoms with E-state index < -0.39 is 88.8 Å². The van der Waals surface area contributed by atoms with Gasteiger partial charge in [-0.05, 0) is 32.1 Å². The third-order valence-electron chi connectivity index (χ3n) is 11.5. The van der Waals surface area contributed by atoms with Crippen LogP contribution in [-0.2, 0) is 23.8 Å². The minimum absolute atomic E-state index is 0.0387. The van der Waals surface area contributed by atoms with E-state index >= 15 is 0 Å². The lowest BCUT2D eigenvalue weighted by molar-refractivity contribution is -0.160. The molecule has 1 amide bonds. The van der Waals surface area contributed by atoms with Crippen molar-refractivity contribution in [3.05, 3.63) is 83.2 Å². The molecule has 15 heteroatoms. The third-order valence-corrected chi connectivity index (χ3v) is 11.5. The molecule has 322 valence electrons. The lowest BCUT2D eigenvalue weighted by Crippen LogP contribution is -2.46. The highest BCUT2D eigenvalue weighted by Gasteiger charge is 2.50. The number of benzene rings is 3. The first kappa shape index (κ1) is 45.2. The Hall–Kier alpha value is -5.90. The molecule has 0 aliphatic carbocycles. The van der Waals surface area contributed by atoms with E-state index in [9.17, 15) is 39.9 Å². The molecule has 0 aromatic heterocycles. The largest absolute Gasteiger partial charge is 0.507 e. The van der Waals surface area contributed by atoms with Crippen molar-refractivity contribution in [3.8, 4) is 23.0 Å². The first-order valence-electron chi connectivity index (χ1n) is 19.7. The van der Waals surface area contributed by atoms with Crippen molar-refractivity contribution < 1.29 is 58.9 Å². The molecule has 6 N–H and O–H groups in total. The van der Waals surface area contributed by atoms with Crippen LogP contribution in [0.3, 0.4) is 0 Å². The molecule has 3 aliphatic heterocycles. The summed E-state index contributed by atoms with van der Waals surface area (Å²) < 4.78 is 23.6. The lowest BCUT2D eigenvalue weighted by Gasteiger charge is -2.38. The Morgan fingerprint density at radius 2 is 1.60 bits per heavy atom. The lowest BCUT2D eigenvalue weighted by atomic mass is 9.78. The van der Waals surface area contributed by atoms with Crippen LogP contribution in [0.1, 0.15) is 70.0 Å². The summed E-state index contributed by atoms with van der Waals surface area (Å²) in [5.74, 6) is -8.57. The number of nitrogens with one attached hydrogen (secondary N) is 1. The van der Waals surface area contributed by atoms with Crippen LogP contribution in [0, 0.1) is 30.6 Å². The number of ketones is 1. The van der Waals surface area contributed by atoms with Gasteiger partial charge in [-0.1, -0.05) is 64.1 Å². The van der Waals surface area contributed by atoms with Crippen molar-refractivity contribution in [3.63, 3.8) is 0 Å².